The van der Waals surface area contributed by atoms with E-state index in [4.69, 9.17) is 4.74 Å². The Morgan fingerprint density at radius 3 is 2.14 bits per heavy atom. The van der Waals surface area contributed by atoms with E-state index in [0.29, 0.717) is 43.1 Å². The molecule has 2 heterocycles. The zero-order valence-corrected chi connectivity index (χ0v) is 20.5. The molecule has 0 atom stereocenters. The molecule has 3 aromatic carbocycles. The van der Waals surface area contributed by atoms with Crippen molar-refractivity contribution < 1.29 is 17.9 Å². The summed E-state index contributed by atoms with van der Waals surface area (Å²) in [7, 11) is -2.31. The van der Waals surface area contributed by atoms with Gasteiger partial charge in [0.25, 0.3) is 5.91 Å². The Kier molecular flexibility index (Phi) is 5.98. The van der Waals surface area contributed by atoms with Crippen molar-refractivity contribution in [3.8, 4) is 5.75 Å². The van der Waals surface area contributed by atoms with Crippen LogP contribution in [0.3, 0.4) is 0 Å². The second-order valence-electron chi connectivity index (χ2n) is 8.67. The molecule has 1 N–H and O–H groups in total. The maximum absolute atomic E-state index is 13.5. The number of methoxy groups -OCH3 is 1. The minimum absolute atomic E-state index is 0.182. The molecule has 3 aromatic rings. The zero-order valence-electron chi connectivity index (χ0n) is 19.7. The summed E-state index contributed by atoms with van der Waals surface area (Å²) in [5.41, 5.74) is 3.76. The molecule has 0 aromatic heterocycles. The average Bonchev–Trinajstić information content (AvgIpc) is 3.12. The number of carbonyl (C=O) groups is 1. The first-order valence-electron chi connectivity index (χ1n) is 11.5. The quantitative estimate of drug-likeness (QED) is 0.585. The van der Waals surface area contributed by atoms with E-state index in [1.165, 1.54) is 0 Å². The molecule has 2 aliphatic heterocycles. The fourth-order valence-corrected chi connectivity index (χ4v) is 6.33. The van der Waals surface area contributed by atoms with E-state index in [-0.39, 0.29) is 9.80 Å². The highest BCUT2D eigenvalue weighted by Crippen LogP contribution is 2.42. The zero-order chi connectivity index (χ0) is 24.6. The first kappa shape index (κ1) is 23.0. The molecule has 1 fully saturated rings. The van der Waals surface area contributed by atoms with E-state index >= 15 is 0 Å². The fraction of sp³-hybridized carbons (Fsp3) is 0.222. The highest BCUT2D eigenvalue weighted by Gasteiger charge is 2.42. The molecule has 180 valence electrons. The van der Waals surface area contributed by atoms with Crippen LogP contribution in [0.4, 0.5) is 11.4 Å². The van der Waals surface area contributed by atoms with Crippen molar-refractivity contribution in [2.75, 3.05) is 43.5 Å². The van der Waals surface area contributed by atoms with E-state index in [2.05, 4.69) is 10.2 Å². The molecule has 0 unspecified atom stereocenters. The van der Waals surface area contributed by atoms with Gasteiger partial charge in [-0.05, 0) is 49.4 Å². The Hall–Kier alpha value is -3.78. The first-order valence-corrected chi connectivity index (χ1v) is 13.0. The third kappa shape index (κ3) is 4.25. The number of sulfone groups is 1. The lowest BCUT2D eigenvalue weighted by Crippen LogP contribution is -2.45. The van der Waals surface area contributed by atoms with Gasteiger partial charge in [-0.25, -0.2) is 8.42 Å². The minimum atomic E-state index is -3.95. The summed E-state index contributed by atoms with van der Waals surface area (Å²) < 4.78 is 32.3. The summed E-state index contributed by atoms with van der Waals surface area (Å²) >= 11 is 0. The maximum Gasteiger partial charge on any atom is 0.269 e. The van der Waals surface area contributed by atoms with Crippen molar-refractivity contribution in [1.29, 1.82) is 0 Å². The molecular formula is C27H27N3O4S. The monoisotopic (exact) mass is 489 g/mol. The van der Waals surface area contributed by atoms with Gasteiger partial charge in [0.15, 0.2) is 4.91 Å². The van der Waals surface area contributed by atoms with Gasteiger partial charge in [-0.2, -0.15) is 0 Å². The number of anilines is 2. The first-order chi connectivity index (χ1) is 16.9. The van der Waals surface area contributed by atoms with E-state index < -0.39 is 15.7 Å². The molecule has 5 rings (SSSR count). The number of benzene rings is 3. The van der Waals surface area contributed by atoms with Crippen molar-refractivity contribution in [3.63, 3.8) is 0 Å². The van der Waals surface area contributed by atoms with Gasteiger partial charge < -0.3 is 19.9 Å². The number of aryl methyl sites for hydroxylation is 1. The summed E-state index contributed by atoms with van der Waals surface area (Å²) in [4.78, 5) is 17.7. The highest BCUT2D eigenvalue weighted by molar-refractivity contribution is 7.97. The van der Waals surface area contributed by atoms with Crippen LogP contribution in [0.2, 0.25) is 0 Å². The summed E-state index contributed by atoms with van der Waals surface area (Å²) in [6.07, 6.45) is 0. The van der Waals surface area contributed by atoms with Crippen LogP contribution in [-0.4, -0.2) is 52.5 Å². The van der Waals surface area contributed by atoms with Gasteiger partial charge in [0, 0.05) is 43.1 Å². The number of fused-ring (bicyclic) bond motifs is 1. The van der Waals surface area contributed by atoms with Crippen molar-refractivity contribution in [2.45, 2.75) is 11.8 Å². The second kappa shape index (κ2) is 9.11. The van der Waals surface area contributed by atoms with Crippen LogP contribution in [0.5, 0.6) is 5.75 Å². The van der Waals surface area contributed by atoms with Gasteiger partial charge in [-0.15, -0.1) is 0 Å². The molecule has 0 aliphatic carbocycles. The van der Waals surface area contributed by atoms with Crippen LogP contribution in [0.15, 0.2) is 82.6 Å². The Balaban J connectivity index is 1.46. The normalized spacial score (nSPS) is 16.7. The van der Waals surface area contributed by atoms with Crippen LogP contribution < -0.4 is 15.0 Å². The Labute approximate surface area is 205 Å². The largest absolute Gasteiger partial charge is 0.497 e. The summed E-state index contributed by atoms with van der Waals surface area (Å²) in [6, 6.07) is 22.0. The molecule has 0 spiro atoms. The smallest absolute Gasteiger partial charge is 0.269 e. The Morgan fingerprint density at radius 1 is 0.857 bits per heavy atom. The predicted molar refractivity (Wildman–Crippen MR) is 137 cm³/mol. The van der Waals surface area contributed by atoms with E-state index in [1.54, 1.807) is 37.4 Å². The number of piperazine rings is 1. The molecule has 2 aliphatic rings. The molecule has 1 amide bonds. The number of nitrogens with one attached hydrogen (secondary N) is 1. The lowest BCUT2D eigenvalue weighted by Gasteiger charge is -2.38. The number of hydrogen-bond donors (Lipinski definition) is 1. The number of hydrogen-bond acceptors (Lipinski definition) is 6. The van der Waals surface area contributed by atoms with Crippen LogP contribution in [0, 0.1) is 6.92 Å². The Morgan fingerprint density at radius 2 is 1.49 bits per heavy atom. The number of amides is 1. The third-order valence-corrected chi connectivity index (χ3v) is 8.32. The van der Waals surface area contributed by atoms with E-state index in [1.807, 2.05) is 54.3 Å². The fourth-order valence-electron chi connectivity index (χ4n) is 4.61. The molecule has 7 nitrogen and oxygen atoms in total. The van der Waals surface area contributed by atoms with Crippen molar-refractivity contribution in [3.05, 3.63) is 88.8 Å². The number of nitrogens with zero attached hydrogens (tertiary/aromatic N) is 2. The molecule has 8 heteroatoms. The number of carbonyl (C=O) groups excluding carboxylic acids is 1. The molecule has 0 saturated carbocycles. The van der Waals surface area contributed by atoms with Gasteiger partial charge in [-0.3, -0.25) is 4.79 Å². The van der Waals surface area contributed by atoms with Gasteiger partial charge >= 0.3 is 0 Å². The molecule has 0 radical (unpaired) electrons. The minimum Gasteiger partial charge on any atom is -0.497 e. The Bertz CT molecular complexity index is 1390. The molecule has 35 heavy (non-hydrogen) atoms. The third-order valence-electron chi connectivity index (χ3n) is 6.46. The lowest BCUT2D eigenvalue weighted by atomic mass is 10.1. The van der Waals surface area contributed by atoms with Crippen LogP contribution in [-0.2, 0) is 14.6 Å². The molecule has 1 saturated heterocycles. The number of ether oxygens (including phenoxy) is 1. The number of rotatable bonds is 5. The van der Waals surface area contributed by atoms with E-state index in [0.717, 1.165) is 17.0 Å². The van der Waals surface area contributed by atoms with Crippen LogP contribution >= 0.6 is 0 Å². The topological polar surface area (TPSA) is 79.0 Å². The van der Waals surface area contributed by atoms with Gasteiger partial charge in [-0.1, -0.05) is 35.9 Å². The second-order valence-corrected chi connectivity index (χ2v) is 10.5. The van der Waals surface area contributed by atoms with Crippen LogP contribution in [0.25, 0.3) is 5.70 Å². The van der Waals surface area contributed by atoms with Gasteiger partial charge in [0.1, 0.15) is 5.75 Å². The standard InChI is InChI=1S/C27H27N3O4S/c1-19-7-9-20(10-8-19)28-27(31)26-25(23-5-3-4-6-24(23)35(26,32)33)30-17-15-29(16-18-30)21-11-13-22(34-2)14-12-21/h3-14H,15-18H2,1-2H3,(H,28,31). The summed E-state index contributed by atoms with van der Waals surface area (Å²) in [6.45, 7) is 4.53. The van der Waals surface area contributed by atoms with Gasteiger partial charge in [0.05, 0.1) is 17.7 Å². The summed E-state index contributed by atoms with van der Waals surface area (Å²) in [5, 5.41) is 2.79. The van der Waals surface area contributed by atoms with Crippen molar-refractivity contribution in [2.24, 2.45) is 0 Å². The SMILES string of the molecule is COc1ccc(N2CCN(C3=C(C(=O)Nc4ccc(C)cc4)S(=O)(=O)c4ccccc43)CC2)cc1. The molecular weight excluding hydrogens is 462 g/mol. The lowest BCUT2D eigenvalue weighted by molar-refractivity contribution is -0.112. The highest BCUT2D eigenvalue weighted by atomic mass is 32.2. The van der Waals surface area contributed by atoms with Crippen molar-refractivity contribution in [1.82, 2.24) is 4.90 Å². The maximum atomic E-state index is 13.5. The van der Waals surface area contributed by atoms with Crippen LogP contribution in [0.1, 0.15) is 11.1 Å². The van der Waals surface area contributed by atoms with Gasteiger partial charge in [0.2, 0.25) is 9.84 Å². The predicted octanol–water partition coefficient (Wildman–Crippen LogP) is 3.92. The summed E-state index contributed by atoms with van der Waals surface area (Å²) in [5.74, 6) is 0.187. The van der Waals surface area contributed by atoms with Crippen molar-refractivity contribution >= 4 is 32.8 Å². The average molecular weight is 490 g/mol. The van der Waals surface area contributed by atoms with E-state index in [9.17, 15) is 13.2 Å². The molecule has 0 bridgehead atoms.